The number of rotatable bonds is 3. The first kappa shape index (κ1) is 15.9. The molecule has 2 aromatic rings. The van der Waals surface area contributed by atoms with E-state index in [9.17, 15) is 18.3 Å². The molecule has 3 rings (SSSR count). The molecule has 1 saturated heterocycles. The van der Waals surface area contributed by atoms with Gasteiger partial charge in [0.25, 0.3) is 0 Å². The van der Waals surface area contributed by atoms with Crippen LogP contribution in [0, 0.1) is 17.5 Å². The Labute approximate surface area is 129 Å². The van der Waals surface area contributed by atoms with Gasteiger partial charge in [-0.3, -0.25) is 0 Å². The van der Waals surface area contributed by atoms with Crippen LogP contribution in [-0.4, -0.2) is 50.6 Å². The van der Waals surface area contributed by atoms with Gasteiger partial charge in [0.15, 0.2) is 17.5 Å². The van der Waals surface area contributed by atoms with Gasteiger partial charge in [0.05, 0.1) is 18.8 Å². The number of hydrogen-bond acceptors (Lipinski definition) is 5. The van der Waals surface area contributed by atoms with E-state index in [0.717, 1.165) is 12.1 Å². The normalized spacial score (nSPS) is 24.8. The second-order valence-corrected chi connectivity index (χ2v) is 5.28. The van der Waals surface area contributed by atoms with E-state index >= 15 is 0 Å². The van der Waals surface area contributed by atoms with E-state index in [-0.39, 0.29) is 17.9 Å². The van der Waals surface area contributed by atoms with Crippen molar-refractivity contribution in [3.8, 4) is 11.3 Å². The zero-order valence-corrected chi connectivity index (χ0v) is 11.9. The number of hydrogen-bond donors (Lipinski definition) is 2. The molecule has 0 bridgehead atoms. The first-order valence-electron chi connectivity index (χ1n) is 6.98. The fourth-order valence-corrected chi connectivity index (χ4v) is 2.58. The summed E-state index contributed by atoms with van der Waals surface area (Å²) in [5.74, 6) is -4.19. The maximum absolute atomic E-state index is 13.3. The quantitative estimate of drug-likeness (QED) is 0.823. The Balaban J connectivity index is 1.89. The molecule has 0 amide bonds. The second kappa shape index (κ2) is 6.26. The van der Waals surface area contributed by atoms with E-state index in [0.29, 0.717) is 13.0 Å². The number of aliphatic hydroxyl groups excluding tert-OH is 2. The molecular formula is C14H14F3N3O3. The average molecular weight is 329 g/mol. The van der Waals surface area contributed by atoms with Crippen LogP contribution >= 0.6 is 0 Å². The molecule has 1 aromatic heterocycles. The van der Waals surface area contributed by atoms with Gasteiger partial charge in [0, 0.05) is 12.2 Å². The van der Waals surface area contributed by atoms with Gasteiger partial charge in [-0.15, -0.1) is 5.10 Å². The van der Waals surface area contributed by atoms with Gasteiger partial charge in [-0.25, -0.2) is 17.9 Å². The molecule has 1 aliphatic heterocycles. The van der Waals surface area contributed by atoms with Crippen molar-refractivity contribution < 1.29 is 28.1 Å². The second-order valence-electron chi connectivity index (χ2n) is 5.28. The Morgan fingerprint density at radius 1 is 1.26 bits per heavy atom. The van der Waals surface area contributed by atoms with Crippen LogP contribution in [0.4, 0.5) is 13.2 Å². The van der Waals surface area contributed by atoms with Crippen LogP contribution in [-0.2, 0) is 4.74 Å². The Morgan fingerprint density at radius 3 is 2.61 bits per heavy atom. The lowest BCUT2D eigenvalue weighted by Gasteiger charge is -2.33. The molecule has 1 aromatic carbocycles. The van der Waals surface area contributed by atoms with Crippen LogP contribution in [0.5, 0.6) is 0 Å². The van der Waals surface area contributed by atoms with Crippen LogP contribution in [0.25, 0.3) is 11.3 Å². The van der Waals surface area contributed by atoms with Gasteiger partial charge in [0.2, 0.25) is 0 Å². The number of halogens is 3. The summed E-state index contributed by atoms with van der Waals surface area (Å²) >= 11 is 0. The summed E-state index contributed by atoms with van der Waals surface area (Å²) in [5, 5.41) is 26.9. The third-order valence-electron chi connectivity index (χ3n) is 3.83. The minimum absolute atomic E-state index is 0.0351. The highest BCUT2D eigenvalue weighted by atomic mass is 19.2. The maximum Gasteiger partial charge on any atom is 0.194 e. The number of aliphatic hydroxyl groups is 2. The standard InChI is InChI=1S/C14H14F3N3O3/c15-8-3-7(4-9(16)13(8)17)10-5-20(19-18-10)11-1-2-23-12(6-21)14(11)22/h3-5,11-12,14,21-22H,1-2,6H2. The Hall–Kier alpha value is -1.97. The molecule has 9 heteroatoms. The summed E-state index contributed by atoms with van der Waals surface area (Å²) in [4.78, 5) is 0. The van der Waals surface area contributed by atoms with E-state index < -0.39 is 35.7 Å². The Kier molecular flexibility index (Phi) is 4.33. The first-order chi connectivity index (χ1) is 11.0. The predicted octanol–water partition coefficient (Wildman–Crippen LogP) is 1.05. The highest BCUT2D eigenvalue weighted by Gasteiger charge is 2.34. The maximum atomic E-state index is 13.3. The molecule has 3 unspecified atom stereocenters. The fourth-order valence-electron chi connectivity index (χ4n) is 2.58. The van der Waals surface area contributed by atoms with Gasteiger partial charge in [-0.2, -0.15) is 0 Å². The summed E-state index contributed by atoms with van der Waals surface area (Å²) in [6.45, 7) is -0.0183. The molecule has 2 N–H and O–H groups in total. The minimum atomic E-state index is -1.55. The highest BCUT2D eigenvalue weighted by molar-refractivity contribution is 5.57. The highest BCUT2D eigenvalue weighted by Crippen LogP contribution is 2.27. The average Bonchev–Trinajstić information content (AvgIpc) is 3.02. The SMILES string of the molecule is OCC1OCCC(n2cc(-c3cc(F)c(F)c(F)c3)nn2)C1O. The fraction of sp³-hybridized carbons (Fsp3) is 0.429. The number of ether oxygens (including phenoxy) is 1. The van der Waals surface area contributed by atoms with Crippen LogP contribution in [0.2, 0.25) is 0 Å². The molecule has 0 aliphatic carbocycles. The molecular weight excluding hydrogens is 315 g/mol. The van der Waals surface area contributed by atoms with E-state index in [1.165, 1.54) is 10.9 Å². The van der Waals surface area contributed by atoms with Crippen molar-refractivity contribution >= 4 is 0 Å². The topological polar surface area (TPSA) is 80.4 Å². The summed E-state index contributed by atoms with van der Waals surface area (Å²) in [7, 11) is 0. The predicted molar refractivity (Wildman–Crippen MR) is 71.8 cm³/mol. The lowest BCUT2D eigenvalue weighted by Crippen LogP contribution is -2.44. The molecule has 124 valence electrons. The summed E-state index contributed by atoms with van der Waals surface area (Å²) in [5.41, 5.74) is 0.176. The van der Waals surface area contributed by atoms with Crippen molar-refractivity contribution in [3.05, 3.63) is 35.8 Å². The number of benzene rings is 1. The zero-order chi connectivity index (χ0) is 16.6. The monoisotopic (exact) mass is 329 g/mol. The molecule has 1 fully saturated rings. The van der Waals surface area contributed by atoms with Crippen molar-refractivity contribution in [3.63, 3.8) is 0 Å². The third kappa shape index (κ3) is 2.94. The molecule has 2 heterocycles. The molecule has 3 atom stereocenters. The molecule has 6 nitrogen and oxygen atoms in total. The summed E-state index contributed by atoms with van der Waals surface area (Å²) in [6.07, 6.45) is 0.110. The first-order valence-corrected chi connectivity index (χ1v) is 6.98. The van der Waals surface area contributed by atoms with E-state index in [4.69, 9.17) is 9.84 Å². The Bertz CT molecular complexity index is 687. The van der Waals surface area contributed by atoms with Gasteiger partial charge in [-0.1, -0.05) is 5.21 Å². The van der Waals surface area contributed by atoms with Crippen LogP contribution in [0.3, 0.4) is 0 Å². The largest absolute Gasteiger partial charge is 0.394 e. The van der Waals surface area contributed by atoms with Crippen molar-refractivity contribution in [1.82, 2.24) is 15.0 Å². The molecule has 0 radical (unpaired) electrons. The van der Waals surface area contributed by atoms with Crippen molar-refractivity contribution in [2.24, 2.45) is 0 Å². The lowest BCUT2D eigenvalue weighted by atomic mass is 10.0. The van der Waals surface area contributed by atoms with Gasteiger partial charge in [0.1, 0.15) is 17.9 Å². The third-order valence-corrected chi connectivity index (χ3v) is 3.83. The van der Waals surface area contributed by atoms with Crippen molar-refractivity contribution in [2.45, 2.75) is 24.7 Å². The minimum Gasteiger partial charge on any atom is -0.394 e. The van der Waals surface area contributed by atoms with Crippen molar-refractivity contribution in [2.75, 3.05) is 13.2 Å². The number of aromatic nitrogens is 3. The molecule has 1 aliphatic rings. The van der Waals surface area contributed by atoms with Crippen LogP contribution < -0.4 is 0 Å². The molecule has 0 spiro atoms. The molecule has 0 saturated carbocycles. The van der Waals surface area contributed by atoms with Crippen molar-refractivity contribution in [1.29, 1.82) is 0 Å². The van der Waals surface area contributed by atoms with Crippen LogP contribution in [0.1, 0.15) is 12.5 Å². The smallest absolute Gasteiger partial charge is 0.194 e. The van der Waals surface area contributed by atoms with E-state index in [2.05, 4.69) is 10.3 Å². The van der Waals surface area contributed by atoms with Gasteiger partial charge >= 0.3 is 0 Å². The summed E-state index contributed by atoms with van der Waals surface area (Å²) < 4.78 is 46.2. The number of nitrogens with zero attached hydrogens (tertiary/aromatic N) is 3. The Morgan fingerprint density at radius 2 is 1.96 bits per heavy atom. The van der Waals surface area contributed by atoms with Gasteiger partial charge in [-0.05, 0) is 18.6 Å². The molecule has 23 heavy (non-hydrogen) atoms. The van der Waals surface area contributed by atoms with E-state index in [1.807, 2.05) is 0 Å². The van der Waals surface area contributed by atoms with Gasteiger partial charge < -0.3 is 14.9 Å². The lowest BCUT2D eigenvalue weighted by molar-refractivity contribution is -0.120. The van der Waals surface area contributed by atoms with E-state index in [1.54, 1.807) is 0 Å². The van der Waals surface area contributed by atoms with Crippen LogP contribution in [0.15, 0.2) is 18.3 Å². The zero-order valence-electron chi connectivity index (χ0n) is 11.9. The summed E-state index contributed by atoms with van der Waals surface area (Å²) in [6, 6.07) is 1.16.